The number of rotatable bonds is 6. The van der Waals surface area contributed by atoms with Crippen LogP contribution in [0.2, 0.25) is 5.02 Å². The van der Waals surface area contributed by atoms with Crippen molar-refractivity contribution in [3.8, 4) is 0 Å². The number of carbonyl (C=O) groups excluding carboxylic acids is 1. The third-order valence-electron chi connectivity index (χ3n) is 3.80. The summed E-state index contributed by atoms with van der Waals surface area (Å²) >= 11 is 6.14. The summed E-state index contributed by atoms with van der Waals surface area (Å²) in [5.41, 5.74) is 0. The molecule has 6 nitrogen and oxygen atoms in total. The van der Waals surface area contributed by atoms with Crippen LogP contribution in [0.1, 0.15) is 26.2 Å². The average Bonchev–Trinajstić information content (AvgIpc) is 2.95. The molecule has 0 radical (unpaired) electrons. The Morgan fingerprint density at radius 1 is 1.64 bits per heavy atom. The molecular formula is C15H23ClN4O2. The van der Waals surface area contributed by atoms with Crippen molar-refractivity contribution < 1.29 is 9.90 Å². The molecule has 1 fully saturated rings. The number of aliphatic hydroxyl groups is 1. The standard InChI is InChI=1S/C15H23ClN4O2/c1-2-12(21)5-8-18-15(22)19-11-6-9-20(10-11)14-13(16)4-3-7-17-14/h3-4,7,11-12,21H,2,5-6,8-10H2,1H3,(H2,18,19,22). The number of amides is 2. The second-order valence-corrected chi connectivity index (χ2v) is 5.90. The van der Waals surface area contributed by atoms with Crippen LogP contribution in [0.15, 0.2) is 18.3 Å². The Kier molecular flexibility index (Phi) is 6.27. The molecule has 2 atom stereocenters. The van der Waals surface area contributed by atoms with E-state index in [-0.39, 0.29) is 18.2 Å². The first-order valence-electron chi connectivity index (χ1n) is 7.68. The molecule has 122 valence electrons. The molecule has 0 aliphatic carbocycles. The zero-order valence-electron chi connectivity index (χ0n) is 12.8. The fourth-order valence-electron chi connectivity index (χ4n) is 2.47. The van der Waals surface area contributed by atoms with Crippen LogP contribution in [0.4, 0.5) is 10.6 Å². The minimum absolute atomic E-state index is 0.0779. The lowest BCUT2D eigenvalue weighted by Gasteiger charge is -2.19. The molecule has 3 N–H and O–H groups in total. The first-order valence-corrected chi connectivity index (χ1v) is 8.05. The predicted molar refractivity (Wildman–Crippen MR) is 87.3 cm³/mol. The topological polar surface area (TPSA) is 77.5 Å². The van der Waals surface area contributed by atoms with Gasteiger partial charge >= 0.3 is 6.03 Å². The van der Waals surface area contributed by atoms with Gasteiger partial charge in [0.15, 0.2) is 0 Å². The van der Waals surface area contributed by atoms with E-state index in [0.717, 1.165) is 18.8 Å². The molecule has 1 aromatic heterocycles. The second kappa shape index (κ2) is 8.19. The highest BCUT2D eigenvalue weighted by Crippen LogP contribution is 2.25. The van der Waals surface area contributed by atoms with Crippen LogP contribution >= 0.6 is 11.6 Å². The van der Waals surface area contributed by atoms with Gasteiger partial charge in [-0.2, -0.15) is 0 Å². The van der Waals surface area contributed by atoms with Crippen molar-refractivity contribution in [3.63, 3.8) is 0 Å². The number of carbonyl (C=O) groups is 1. The number of urea groups is 1. The van der Waals surface area contributed by atoms with Crippen LogP contribution in [-0.2, 0) is 0 Å². The Balaban J connectivity index is 1.74. The lowest BCUT2D eigenvalue weighted by Crippen LogP contribution is -2.44. The Hall–Kier alpha value is -1.53. The Bertz CT molecular complexity index is 500. The van der Waals surface area contributed by atoms with Crippen LogP contribution in [-0.4, -0.2) is 47.9 Å². The molecule has 1 saturated heterocycles. The largest absolute Gasteiger partial charge is 0.393 e. The van der Waals surface area contributed by atoms with Crippen molar-refractivity contribution in [1.82, 2.24) is 15.6 Å². The Morgan fingerprint density at radius 2 is 2.45 bits per heavy atom. The first-order chi connectivity index (χ1) is 10.6. The molecule has 1 aromatic rings. The third-order valence-corrected chi connectivity index (χ3v) is 4.09. The minimum atomic E-state index is -0.353. The highest BCUT2D eigenvalue weighted by atomic mass is 35.5. The van der Waals surface area contributed by atoms with E-state index in [4.69, 9.17) is 11.6 Å². The van der Waals surface area contributed by atoms with Crippen molar-refractivity contribution in [1.29, 1.82) is 0 Å². The van der Waals surface area contributed by atoms with Crippen molar-refractivity contribution in [2.45, 2.75) is 38.3 Å². The Morgan fingerprint density at radius 3 is 3.18 bits per heavy atom. The fraction of sp³-hybridized carbons (Fsp3) is 0.600. The van der Waals surface area contributed by atoms with Crippen LogP contribution in [0.5, 0.6) is 0 Å². The minimum Gasteiger partial charge on any atom is -0.393 e. The van der Waals surface area contributed by atoms with Crippen molar-refractivity contribution in [2.24, 2.45) is 0 Å². The van der Waals surface area contributed by atoms with Gasteiger partial charge in [-0.05, 0) is 31.4 Å². The molecule has 2 rings (SSSR count). The molecule has 1 aliphatic heterocycles. The van der Waals surface area contributed by atoms with Crippen molar-refractivity contribution in [3.05, 3.63) is 23.4 Å². The number of hydrogen-bond donors (Lipinski definition) is 3. The number of aliphatic hydroxyl groups excluding tert-OH is 1. The van der Waals surface area contributed by atoms with E-state index < -0.39 is 0 Å². The number of halogens is 1. The molecule has 0 aromatic carbocycles. The number of nitrogens with one attached hydrogen (secondary N) is 2. The van der Waals surface area contributed by atoms with Crippen LogP contribution < -0.4 is 15.5 Å². The number of pyridine rings is 1. The van der Waals surface area contributed by atoms with Crippen molar-refractivity contribution >= 4 is 23.4 Å². The van der Waals surface area contributed by atoms with Gasteiger partial charge in [0.1, 0.15) is 5.82 Å². The average molecular weight is 327 g/mol. The number of anilines is 1. The SMILES string of the molecule is CCC(O)CCNC(=O)NC1CCN(c2ncccc2Cl)C1. The third kappa shape index (κ3) is 4.74. The van der Waals surface area contributed by atoms with E-state index in [9.17, 15) is 9.90 Å². The van der Waals surface area contributed by atoms with E-state index in [1.165, 1.54) is 0 Å². The lowest BCUT2D eigenvalue weighted by atomic mass is 10.2. The fourth-order valence-corrected chi connectivity index (χ4v) is 2.71. The summed E-state index contributed by atoms with van der Waals surface area (Å²) in [7, 11) is 0. The van der Waals surface area contributed by atoms with E-state index in [1.807, 2.05) is 13.0 Å². The highest BCUT2D eigenvalue weighted by molar-refractivity contribution is 6.32. The predicted octanol–water partition coefficient (Wildman–Crippen LogP) is 1.77. The van der Waals surface area contributed by atoms with Gasteiger partial charge in [-0.15, -0.1) is 0 Å². The van der Waals surface area contributed by atoms with Gasteiger partial charge in [0.25, 0.3) is 0 Å². The molecule has 0 saturated carbocycles. The van der Waals surface area contributed by atoms with Crippen LogP contribution in [0.25, 0.3) is 0 Å². The van der Waals surface area contributed by atoms with Gasteiger partial charge in [0, 0.05) is 31.9 Å². The van der Waals surface area contributed by atoms with Crippen molar-refractivity contribution in [2.75, 3.05) is 24.5 Å². The van der Waals surface area contributed by atoms with Gasteiger partial charge in [-0.1, -0.05) is 18.5 Å². The summed E-state index contributed by atoms with van der Waals surface area (Å²) in [6.07, 6.45) is 3.50. The molecule has 0 spiro atoms. The molecule has 2 amide bonds. The maximum atomic E-state index is 11.8. The summed E-state index contributed by atoms with van der Waals surface area (Å²) in [4.78, 5) is 18.2. The summed E-state index contributed by atoms with van der Waals surface area (Å²) in [5, 5.41) is 15.8. The summed E-state index contributed by atoms with van der Waals surface area (Å²) in [6.45, 7) is 3.90. The first kappa shape index (κ1) is 16.8. The number of nitrogens with zero attached hydrogens (tertiary/aromatic N) is 2. The Labute approximate surface area is 135 Å². The monoisotopic (exact) mass is 326 g/mol. The van der Waals surface area contributed by atoms with Gasteiger partial charge < -0.3 is 20.6 Å². The van der Waals surface area contributed by atoms with Gasteiger partial charge in [-0.3, -0.25) is 0 Å². The number of aromatic nitrogens is 1. The van der Waals surface area contributed by atoms with E-state index >= 15 is 0 Å². The molecule has 0 bridgehead atoms. The van der Waals surface area contributed by atoms with Gasteiger partial charge in [-0.25, -0.2) is 9.78 Å². The molecule has 2 unspecified atom stereocenters. The summed E-state index contributed by atoms with van der Waals surface area (Å²) in [6, 6.07) is 3.50. The zero-order valence-corrected chi connectivity index (χ0v) is 13.5. The molecular weight excluding hydrogens is 304 g/mol. The van der Waals surface area contributed by atoms with Crippen LogP contribution in [0, 0.1) is 0 Å². The maximum Gasteiger partial charge on any atom is 0.315 e. The van der Waals surface area contributed by atoms with E-state index in [2.05, 4.69) is 20.5 Å². The molecule has 22 heavy (non-hydrogen) atoms. The summed E-state index contributed by atoms with van der Waals surface area (Å²) < 4.78 is 0. The van der Waals surface area contributed by atoms with E-state index in [1.54, 1.807) is 12.3 Å². The lowest BCUT2D eigenvalue weighted by molar-refractivity contribution is 0.160. The quantitative estimate of drug-likeness (QED) is 0.744. The van der Waals surface area contributed by atoms with Gasteiger partial charge in [0.05, 0.1) is 11.1 Å². The molecule has 2 heterocycles. The van der Waals surface area contributed by atoms with Crippen LogP contribution in [0.3, 0.4) is 0 Å². The second-order valence-electron chi connectivity index (χ2n) is 5.49. The van der Waals surface area contributed by atoms with E-state index in [0.29, 0.717) is 31.0 Å². The maximum absolute atomic E-state index is 11.8. The molecule has 7 heteroatoms. The smallest absolute Gasteiger partial charge is 0.315 e. The zero-order chi connectivity index (χ0) is 15.9. The number of hydrogen-bond acceptors (Lipinski definition) is 4. The molecule has 1 aliphatic rings. The summed E-state index contributed by atoms with van der Waals surface area (Å²) in [5.74, 6) is 0.764. The highest BCUT2D eigenvalue weighted by Gasteiger charge is 2.25. The normalized spacial score (nSPS) is 19.0. The van der Waals surface area contributed by atoms with Gasteiger partial charge in [0.2, 0.25) is 0 Å².